The molecule has 25 heavy (non-hydrogen) atoms. The zero-order chi connectivity index (χ0) is 18.1. The van der Waals surface area contributed by atoms with Crippen LogP contribution in [-0.2, 0) is 9.59 Å². The molecule has 0 unspecified atom stereocenters. The Kier molecular flexibility index (Phi) is 6.47. The third-order valence-electron chi connectivity index (χ3n) is 3.22. The molecular formula is C17H18N4O4. The zero-order valence-electron chi connectivity index (χ0n) is 13.7. The first-order valence-corrected chi connectivity index (χ1v) is 7.50. The van der Waals surface area contributed by atoms with Crippen molar-refractivity contribution in [3.05, 3.63) is 48.4 Å². The van der Waals surface area contributed by atoms with Crippen molar-refractivity contribution in [3.63, 3.8) is 0 Å². The van der Waals surface area contributed by atoms with Gasteiger partial charge in [-0.3, -0.25) is 9.59 Å². The van der Waals surface area contributed by atoms with Crippen molar-refractivity contribution in [2.75, 3.05) is 18.5 Å². The molecular weight excluding hydrogens is 324 g/mol. The van der Waals surface area contributed by atoms with E-state index < -0.39 is 5.91 Å². The molecule has 0 spiro atoms. The van der Waals surface area contributed by atoms with Gasteiger partial charge in [-0.25, -0.2) is 4.99 Å². The molecule has 0 atom stereocenters. The van der Waals surface area contributed by atoms with Crippen molar-refractivity contribution in [2.45, 2.75) is 6.92 Å². The summed E-state index contributed by atoms with van der Waals surface area (Å²) in [5.74, 6) is 0.352. The Morgan fingerprint density at radius 1 is 1.40 bits per heavy atom. The van der Waals surface area contributed by atoms with Crippen LogP contribution in [0.15, 0.2) is 57.9 Å². The van der Waals surface area contributed by atoms with Crippen LogP contribution in [0.3, 0.4) is 0 Å². The Bertz CT molecular complexity index is 739. The molecule has 0 bridgehead atoms. The smallest absolute Gasteiger partial charge is 0.281 e. The maximum atomic E-state index is 11.4. The lowest BCUT2D eigenvalue weighted by molar-refractivity contribution is -0.116. The van der Waals surface area contributed by atoms with E-state index in [9.17, 15) is 9.59 Å². The molecule has 1 amide bonds. The van der Waals surface area contributed by atoms with Crippen molar-refractivity contribution >= 4 is 24.6 Å². The maximum absolute atomic E-state index is 11.4. The molecule has 1 aromatic carbocycles. The van der Waals surface area contributed by atoms with Crippen molar-refractivity contribution in [2.24, 2.45) is 4.99 Å². The van der Waals surface area contributed by atoms with Gasteiger partial charge >= 0.3 is 0 Å². The van der Waals surface area contributed by atoms with E-state index in [1.807, 2.05) is 19.1 Å². The van der Waals surface area contributed by atoms with Gasteiger partial charge < -0.3 is 19.5 Å². The molecule has 1 aromatic heterocycles. The van der Waals surface area contributed by atoms with E-state index in [4.69, 9.17) is 9.26 Å². The highest BCUT2D eigenvalue weighted by molar-refractivity contribution is 6.11. The van der Waals surface area contributed by atoms with Gasteiger partial charge in [0.25, 0.3) is 11.8 Å². The Labute approximate surface area is 144 Å². The number of nitrogens with zero attached hydrogens (tertiary/aromatic N) is 3. The summed E-state index contributed by atoms with van der Waals surface area (Å²) >= 11 is 0. The fraction of sp³-hybridized carbons (Fsp3) is 0.176. The van der Waals surface area contributed by atoms with E-state index in [0.717, 1.165) is 5.69 Å². The van der Waals surface area contributed by atoms with Crippen LogP contribution in [0.1, 0.15) is 6.92 Å². The Morgan fingerprint density at radius 3 is 2.72 bits per heavy atom. The zero-order valence-corrected chi connectivity index (χ0v) is 13.7. The van der Waals surface area contributed by atoms with Crippen LogP contribution in [0.2, 0.25) is 0 Å². The third-order valence-corrected chi connectivity index (χ3v) is 3.22. The number of carbonyl (C=O) groups excluding carboxylic acids is 2. The molecule has 2 aromatic rings. The maximum Gasteiger partial charge on any atom is 0.281 e. The highest BCUT2D eigenvalue weighted by Crippen LogP contribution is 2.21. The van der Waals surface area contributed by atoms with Gasteiger partial charge in [0, 0.05) is 24.5 Å². The normalized spacial score (nSPS) is 10.8. The lowest BCUT2D eigenvalue weighted by Crippen LogP contribution is -2.25. The average molecular weight is 342 g/mol. The van der Waals surface area contributed by atoms with Gasteiger partial charge in [-0.2, -0.15) is 0 Å². The van der Waals surface area contributed by atoms with E-state index in [2.05, 4.69) is 22.2 Å². The highest BCUT2D eigenvalue weighted by atomic mass is 16.5. The molecule has 0 aliphatic rings. The van der Waals surface area contributed by atoms with E-state index in [0.29, 0.717) is 31.1 Å². The Hall–Kier alpha value is -3.42. The quantitative estimate of drug-likeness (QED) is 0.187. The largest absolute Gasteiger partial charge is 0.436 e. The number of benzene rings is 1. The van der Waals surface area contributed by atoms with Crippen LogP contribution in [0.4, 0.5) is 5.69 Å². The van der Waals surface area contributed by atoms with Crippen LogP contribution in [0.25, 0.3) is 0 Å². The molecule has 8 nitrogen and oxygen atoms in total. The van der Waals surface area contributed by atoms with E-state index >= 15 is 0 Å². The highest BCUT2D eigenvalue weighted by Gasteiger charge is 2.08. The lowest BCUT2D eigenvalue weighted by atomic mass is 10.3. The number of hydrogen-bond acceptors (Lipinski definition) is 7. The molecule has 8 heteroatoms. The Morgan fingerprint density at radius 2 is 2.16 bits per heavy atom. The molecule has 0 aliphatic heterocycles. The van der Waals surface area contributed by atoms with Crippen molar-refractivity contribution in [1.29, 1.82) is 0 Å². The molecule has 0 saturated carbocycles. The van der Waals surface area contributed by atoms with Crippen molar-refractivity contribution < 1.29 is 18.8 Å². The fourth-order valence-electron chi connectivity index (χ4n) is 1.88. The minimum Gasteiger partial charge on any atom is -0.436 e. The molecule has 0 saturated heterocycles. The van der Waals surface area contributed by atoms with Gasteiger partial charge in [0.1, 0.15) is 12.0 Å². The summed E-state index contributed by atoms with van der Waals surface area (Å²) in [6.07, 6.45) is 3.35. The summed E-state index contributed by atoms with van der Waals surface area (Å²) in [6.45, 7) is 6.04. The number of carbonyl (C=O) groups is 2. The van der Waals surface area contributed by atoms with Gasteiger partial charge in [0.15, 0.2) is 6.29 Å². The molecule has 2 rings (SSSR count). The number of rotatable bonds is 9. The van der Waals surface area contributed by atoms with Crippen molar-refractivity contribution in [3.8, 4) is 11.6 Å². The topological polar surface area (TPSA) is 97.0 Å². The number of aliphatic imine (C=N–C) groups is 1. The first-order valence-electron chi connectivity index (χ1n) is 7.50. The molecule has 0 aliphatic carbocycles. The monoisotopic (exact) mass is 342 g/mol. The van der Waals surface area contributed by atoms with Crippen LogP contribution < -0.4 is 10.1 Å². The number of nitrogens with one attached hydrogen (secondary N) is 1. The third kappa shape index (κ3) is 5.31. The predicted molar refractivity (Wildman–Crippen MR) is 92.6 cm³/mol. The summed E-state index contributed by atoms with van der Waals surface area (Å²) in [6, 6.07) is 8.85. The van der Waals surface area contributed by atoms with Gasteiger partial charge in [-0.05, 0) is 43.1 Å². The van der Waals surface area contributed by atoms with E-state index in [1.165, 1.54) is 12.5 Å². The summed E-state index contributed by atoms with van der Waals surface area (Å²) < 4.78 is 10.2. The first-order chi connectivity index (χ1) is 12.2. The first kappa shape index (κ1) is 17.9. The number of hydrogen-bond donors (Lipinski definition) is 1. The van der Waals surface area contributed by atoms with Crippen LogP contribution in [-0.4, -0.2) is 42.2 Å². The number of anilines is 1. The fourth-order valence-corrected chi connectivity index (χ4v) is 1.88. The van der Waals surface area contributed by atoms with Gasteiger partial charge in [0.05, 0.1) is 12.2 Å². The van der Waals surface area contributed by atoms with Crippen LogP contribution in [0, 0.1) is 0 Å². The molecule has 0 radical (unpaired) electrons. The standard InChI is InChI=1S/C17H18N4O4/c1-3-21(10-13(11-22)17(23)18-2)12-19-14-4-6-15(7-5-14)25-16-8-9-24-20-16/h4-11,19H,2-3,12H2,1H3/b13-10-. The summed E-state index contributed by atoms with van der Waals surface area (Å²) in [4.78, 5) is 27.4. The van der Waals surface area contributed by atoms with E-state index in [1.54, 1.807) is 23.1 Å². The lowest BCUT2D eigenvalue weighted by Gasteiger charge is -2.20. The van der Waals surface area contributed by atoms with Gasteiger partial charge in [-0.1, -0.05) is 0 Å². The Balaban J connectivity index is 1.94. The number of ether oxygens (including phenoxy) is 1. The van der Waals surface area contributed by atoms with Crippen molar-refractivity contribution in [1.82, 2.24) is 10.1 Å². The predicted octanol–water partition coefficient (Wildman–Crippen LogP) is 2.47. The SMILES string of the molecule is C=NC(=O)/C(C=O)=C\N(CC)CNc1ccc(Oc2ccon2)cc1. The second-order valence-electron chi connectivity index (χ2n) is 4.87. The minimum atomic E-state index is -0.650. The molecule has 1 heterocycles. The summed E-state index contributed by atoms with van der Waals surface area (Å²) in [7, 11) is 0. The number of aromatic nitrogens is 1. The van der Waals surface area contributed by atoms with E-state index in [-0.39, 0.29) is 5.57 Å². The van der Waals surface area contributed by atoms with Crippen LogP contribution in [0.5, 0.6) is 11.6 Å². The molecule has 130 valence electrons. The minimum absolute atomic E-state index is 0.0463. The van der Waals surface area contributed by atoms with Gasteiger partial charge in [-0.15, -0.1) is 0 Å². The molecule has 0 fully saturated rings. The molecule has 1 N–H and O–H groups in total. The number of amides is 1. The average Bonchev–Trinajstić information content (AvgIpc) is 3.15. The van der Waals surface area contributed by atoms with Crippen LogP contribution >= 0.6 is 0 Å². The summed E-state index contributed by atoms with van der Waals surface area (Å²) in [5.41, 5.74) is 0.801. The van der Waals surface area contributed by atoms with Gasteiger partial charge in [0.2, 0.25) is 0 Å². The second-order valence-corrected chi connectivity index (χ2v) is 4.87. The summed E-state index contributed by atoms with van der Waals surface area (Å²) in [5, 5.41) is 6.85. The number of aldehydes is 1. The second kappa shape index (κ2) is 9.02.